The number of sulfone groups is 1. The van der Waals surface area contributed by atoms with Gasteiger partial charge in [0.2, 0.25) is 0 Å². The van der Waals surface area contributed by atoms with Crippen molar-refractivity contribution in [3.63, 3.8) is 0 Å². The normalized spacial score (nSPS) is 17.0. The van der Waals surface area contributed by atoms with E-state index in [1.807, 2.05) is 6.07 Å². The number of hydrogen-bond donors (Lipinski definition) is 0. The molecule has 1 aliphatic rings. The van der Waals surface area contributed by atoms with E-state index in [9.17, 15) is 13.2 Å². The monoisotopic (exact) mass is 445 g/mol. The van der Waals surface area contributed by atoms with Gasteiger partial charge in [-0.05, 0) is 48.4 Å². The maximum Gasteiger partial charge on any atom is 0.254 e. The van der Waals surface area contributed by atoms with E-state index in [1.165, 1.54) is 0 Å². The lowest BCUT2D eigenvalue weighted by Crippen LogP contribution is -2.40. The van der Waals surface area contributed by atoms with E-state index >= 15 is 0 Å². The number of carbonyl (C=O) groups excluding carboxylic acids is 1. The number of amides is 1. The summed E-state index contributed by atoms with van der Waals surface area (Å²) in [6.07, 6.45) is 2.06. The molecule has 1 amide bonds. The van der Waals surface area contributed by atoms with Crippen LogP contribution in [0.1, 0.15) is 22.3 Å². The lowest BCUT2D eigenvalue weighted by molar-refractivity contribution is 0.0680. The van der Waals surface area contributed by atoms with Crippen molar-refractivity contribution in [2.75, 3.05) is 32.3 Å². The lowest BCUT2D eigenvalue weighted by atomic mass is 10.1. The molecule has 1 saturated heterocycles. The fourth-order valence-corrected chi connectivity index (χ4v) is 5.31. The first-order valence-corrected chi connectivity index (χ1v) is 11.7. The molecule has 0 aromatic heterocycles. The van der Waals surface area contributed by atoms with E-state index in [4.69, 9.17) is 14.2 Å². The Labute approximate surface area is 183 Å². The summed E-state index contributed by atoms with van der Waals surface area (Å²) in [6.45, 7) is 4.24. The highest BCUT2D eigenvalue weighted by atomic mass is 32.2. The SMILES string of the molecule is C=CCOc1ccc(C(=O)N(Cc2ccc(OC)c(OC)c2)C2CCS(=O)(=O)C2)cc1. The average Bonchev–Trinajstić information content (AvgIpc) is 3.15. The Hall–Kier alpha value is -3.00. The van der Waals surface area contributed by atoms with Crippen LogP contribution in [0.3, 0.4) is 0 Å². The summed E-state index contributed by atoms with van der Waals surface area (Å²) in [5.74, 6) is 1.59. The van der Waals surface area contributed by atoms with Gasteiger partial charge in [-0.25, -0.2) is 8.42 Å². The third kappa shape index (κ3) is 5.58. The maximum atomic E-state index is 13.4. The number of ether oxygens (including phenoxy) is 3. The number of nitrogens with zero attached hydrogens (tertiary/aromatic N) is 1. The van der Waals surface area contributed by atoms with E-state index in [2.05, 4.69) is 6.58 Å². The van der Waals surface area contributed by atoms with Crippen LogP contribution < -0.4 is 14.2 Å². The molecule has 7 nitrogen and oxygen atoms in total. The molecule has 2 aromatic rings. The van der Waals surface area contributed by atoms with Crippen molar-refractivity contribution in [1.29, 1.82) is 0 Å². The molecule has 0 spiro atoms. The van der Waals surface area contributed by atoms with Crippen LogP contribution >= 0.6 is 0 Å². The highest BCUT2D eigenvalue weighted by molar-refractivity contribution is 7.91. The van der Waals surface area contributed by atoms with Gasteiger partial charge in [0, 0.05) is 18.2 Å². The highest BCUT2D eigenvalue weighted by Gasteiger charge is 2.35. The number of benzene rings is 2. The Kier molecular flexibility index (Phi) is 7.22. The van der Waals surface area contributed by atoms with E-state index < -0.39 is 9.84 Å². The molecular weight excluding hydrogens is 418 g/mol. The Morgan fingerprint density at radius 1 is 1.13 bits per heavy atom. The number of methoxy groups -OCH3 is 2. The molecule has 2 aromatic carbocycles. The van der Waals surface area contributed by atoms with Gasteiger partial charge < -0.3 is 19.1 Å². The van der Waals surface area contributed by atoms with Gasteiger partial charge in [-0.3, -0.25) is 4.79 Å². The predicted octanol–water partition coefficient (Wildman–Crippen LogP) is 3.10. The number of hydrogen-bond acceptors (Lipinski definition) is 6. The quantitative estimate of drug-likeness (QED) is 0.552. The molecule has 0 N–H and O–H groups in total. The first-order chi connectivity index (χ1) is 14.9. The van der Waals surface area contributed by atoms with Crippen molar-refractivity contribution in [2.45, 2.75) is 19.0 Å². The Bertz CT molecular complexity index is 1030. The van der Waals surface area contributed by atoms with Crippen molar-refractivity contribution in [3.05, 3.63) is 66.2 Å². The van der Waals surface area contributed by atoms with Gasteiger partial charge in [0.25, 0.3) is 5.91 Å². The summed E-state index contributed by atoms with van der Waals surface area (Å²) >= 11 is 0. The van der Waals surface area contributed by atoms with Crippen molar-refractivity contribution >= 4 is 15.7 Å². The van der Waals surface area contributed by atoms with Crippen LogP contribution in [0.4, 0.5) is 0 Å². The van der Waals surface area contributed by atoms with Crippen LogP contribution in [0.25, 0.3) is 0 Å². The van der Waals surface area contributed by atoms with Crippen molar-refractivity contribution in [1.82, 2.24) is 4.90 Å². The molecule has 1 aliphatic heterocycles. The molecule has 0 bridgehead atoms. The molecule has 8 heteroatoms. The smallest absolute Gasteiger partial charge is 0.254 e. The standard InChI is InChI=1S/C23H27NO6S/c1-4-12-30-20-8-6-18(7-9-20)23(25)24(19-11-13-31(26,27)16-19)15-17-5-10-21(28-2)22(14-17)29-3/h4-10,14,19H,1,11-13,15-16H2,2-3H3. The van der Waals surface area contributed by atoms with Crippen molar-refractivity contribution in [2.24, 2.45) is 0 Å². The third-order valence-electron chi connectivity index (χ3n) is 5.18. The topological polar surface area (TPSA) is 82.1 Å². The summed E-state index contributed by atoms with van der Waals surface area (Å²) in [7, 11) is -0.0565. The third-order valence-corrected chi connectivity index (χ3v) is 6.93. The second-order valence-electron chi connectivity index (χ2n) is 7.30. The molecule has 0 radical (unpaired) electrons. The molecule has 1 fully saturated rings. The van der Waals surface area contributed by atoms with Crippen LogP contribution in [0, 0.1) is 0 Å². The van der Waals surface area contributed by atoms with Gasteiger partial charge >= 0.3 is 0 Å². The van der Waals surface area contributed by atoms with Gasteiger partial charge in [0.15, 0.2) is 21.3 Å². The molecule has 0 aliphatic carbocycles. The molecule has 31 heavy (non-hydrogen) atoms. The molecule has 0 saturated carbocycles. The number of rotatable bonds is 9. The fraction of sp³-hybridized carbons (Fsp3) is 0.348. The van der Waals surface area contributed by atoms with Crippen LogP contribution in [-0.4, -0.2) is 57.6 Å². The summed E-state index contributed by atoms with van der Waals surface area (Å²) < 4.78 is 40.3. The summed E-state index contributed by atoms with van der Waals surface area (Å²) in [5.41, 5.74) is 1.29. The minimum Gasteiger partial charge on any atom is -0.493 e. The average molecular weight is 446 g/mol. The summed E-state index contributed by atoms with van der Waals surface area (Å²) in [6, 6.07) is 11.8. The highest BCUT2D eigenvalue weighted by Crippen LogP contribution is 2.30. The largest absolute Gasteiger partial charge is 0.493 e. The fourth-order valence-electron chi connectivity index (χ4n) is 3.58. The van der Waals surface area contributed by atoms with E-state index in [0.717, 1.165) is 5.56 Å². The second kappa shape index (κ2) is 9.87. The molecule has 166 valence electrons. The molecular formula is C23H27NO6S. The number of carbonyl (C=O) groups is 1. The predicted molar refractivity (Wildman–Crippen MR) is 119 cm³/mol. The van der Waals surface area contributed by atoms with Gasteiger partial charge in [0.05, 0.1) is 25.7 Å². The van der Waals surface area contributed by atoms with Gasteiger partial charge in [-0.2, -0.15) is 0 Å². The van der Waals surface area contributed by atoms with E-state index in [0.29, 0.717) is 35.8 Å². The Balaban J connectivity index is 1.88. The summed E-state index contributed by atoms with van der Waals surface area (Å²) in [4.78, 5) is 15.0. The van der Waals surface area contributed by atoms with Crippen molar-refractivity contribution in [3.8, 4) is 17.2 Å². The zero-order valence-corrected chi connectivity index (χ0v) is 18.6. The van der Waals surface area contributed by atoms with Crippen LogP contribution in [0.5, 0.6) is 17.2 Å². The first-order valence-electron chi connectivity index (χ1n) is 9.93. The van der Waals surface area contributed by atoms with E-state index in [1.54, 1.807) is 61.6 Å². The van der Waals surface area contributed by atoms with Crippen LogP contribution in [0.15, 0.2) is 55.1 Å². The summed E-state index contributed by atoms with van der Waals surface area (Å²) in [5, 5.41) is 0. The Morgan fingerprint density at radius 2 is 1.84 bits per heavy atom. The van der Waals surface area contributed by atoms with E-state index in [-0.39, 0.29) is 30.0 Å². The van der Waals surface area contributed by atoms with Gasteiger partial charge in [-0.15, -0.1) is 0 Å². The molecule has 1 atom stereocenters. The van der Waals surface area contributed by atoms with Crippen LogP contribution in [0.2, 0.25) is 0 Å². The van der Waals surface area contributed by atoms with Crippen molar-refractivity contribution < 1.29 is 27.4 Å². The minimum absolute atomic E-state index is 0.0352. The zero-order chi connectivity index (χ0) is 22.4. The molecule has 3 rings (SSSR count). The van der Waals surface area contributed by atoms with Gasteiger partial charge in [0.1, 0.15) is 12.4 Å². The zero-order valence-electron chi connectivity index (χ0n) is 17.7. The lowest BCUT2D eigenvalue weighted by Gasteiger charge is -2.29. The maximum absolute atomic E-state index is 13.4. The molecule has 1 heterocycles. The minimum atomic E-state index is -3.16. The first kappa shape index (κ1) is 22.7. The second-order valence-corrected chi connectivity index (χ2v) is 9.53. The molecule has 1 unspecified atom stereocenters. The Morgan fingerprint density at radius 3 is 2.42 bits per heavy atom. The van der Waals surface area contributed by atoms with Gasteiger partial charge in [-0.1, -0.05) is 18.7 Å². The van der Waals surface area contributed by atoms with Crippen LogP contribution in [-0.2, 0) is 16.4 Å².